The molecule has 1 fully saturated rings. The van der Waals surface area contributed by atoms with Gasteiger partial charge in [-0.3, -0.25) is 53.1 Å². The second-order valence-corrected chi connectivity index (χ2v) is 19.7. The summed E-state index contributed by atoms with van der Waals surface area (Å²) >= 11 is 6.38. The second-order valence-electron chi connectivity index (χ2n) is 19.2. The Balaban J connectivity index is 1.79. The van der Waals surface area contributed by atoms with Crippen molar-refractivity contribution < 1.29 is 43.2 Å². The van der Waals surface area contributed by atoms with Crippen LogP contribution < -0.4 is 66.3 Å². The molecule has 7 amide bonds. The molecule has 25 heteroatoms. The minimum Gasteiger partial charge on any atom is -0.370 e. The predicted molar refractivity (Wildman–Crippen MR) is 292 cm³/mol. The number of unbranched alkanes of at least 4 members (excludes halogenated alkanes) is 1. The van der Waals surface area contributed by atoms with Crippen LogP contribution in [-0.4, -0.2) is 126 Å². The topological polar surface area (TPSA) is 422 Å². The molecule has 77 heavy (non-hydrogen) atoms. The minimum atomic E-state index is -1.45. The van der Waals surface area contributed by atoms with E-state index in [0.717, 1.165) is 16.5 Å². The lowest BCUT2D eigenvalue weighted by Gasteiger charge is -2.27. The van der Waals surface area contributed by atoms with Crippen molar-refractivity contribution in [1.82, 2.24) is 36.9 Å². The second kappa shape index (κ2) is 32.1. The number of carbonyl (C=O) groups is 9. The summed E-state index contributed by atoms with van der Waals surface area (Å²) in [5.41, 5.74) is 35.8. The van der Waals surface area contributed by atoms with Crippen LogP contribution in [0, 0.1) is 11.8 Å². The molecule has 24 nitrogen and oxygen atoms in total. The van der Waals surface area contributed by atoms with Crippen LogP contribution in [0.2, 0.25) is 5.02 Å². The van der Waals surface area contributed by atoms with Crippen LogP contribution in [0.5, 0.6) is 0 Å². The number of nitrogens with two attached hydrogens (primary N) is 6. The molecule has 7 atom stereocenters. The van der Waals surface area contributed by atoms with E-state index in [1.54, 1.807) is 30.5 Å². The number of nitrogens with one attached hydrogen (secondary N) is 7. The fourth-order valence-corrected chi connectivity index (χ4v) is 9.24. The van der Waals surface area contributed by atoms with Crippen molar-refractivity contribution >= 4 is 87.3 Å². The summed E-state index contributed by atoms with van der Waals surface area (Å²) in [7, 11) is 0. The third-order valence-electron chi connectivity index (χ3n) is 13.1. The molecule has 1 aliphatic heterocycles. The average Bonchev–Trinajstić information content (AvgIpc) is 3.78. The molecular formula is C52H76ClN15O9. The molecule has 1 aromatic heterocycles. The number of primary amides is 1. The van der Waals surface area contributed by atoms with E-state index in [1.807, 2.05) is 24.3 Å². The van der Waals surface area contributed by atoms with Gasteiger partial charge in [0.05, 0.1) is 6.04 Å². The van der Waals surface area contributed by atoms with Crippen LogP contribution in [0.15, 0.2) is 64.7 Å². The molecule has 2 heterocycles. The molecule has 0 saturated carbocycles. The number of hydrogen-bond donors (Lipinski definition) is 13. The molecule has 1 aliphatic rings. The first-order valence-corrected chi connectivity index (χ1v) is 26.3. The van der Waals surface area contributed by atoms with E-state index in [0.29, 0.717) is 23.4 Å². The summed E-state index contributed by atoms with van der Waals surface area (Å²) in [5, 5.41) is 17.4. The average molecular weight is 1090 g/mol. The Hall–Kier alpha value is -7.60. The number of carbonyl (C=O) groups excluding carboxylic acids is 9. The Labute approximate surface area is 452 Å². The van der Waals surface area contributed by atoms with Gasteiger partial charge in [-0.1, -0.05) is 41.9 Å². The van der Waals surface area contributed by atoms with Crippen molar-refractivity contribution in [3.63, 3.8) is 0 Å². The molecule has 0 unspecified atom stereocenters. The molecule has 2 aromatic carbocycles. The van der Waals surface area contributed by atoms with E-state index >= 15 is 0 Å². The number of ketones is 2. The number of halogens is 1. The van der Waals surface area contributed by atoms with E-state index in [2.05, 4.69) is 46.9 Å². The first-order chi connectivity index (χ1) is 36.7. The van der Waals surface area contributed by atoms with Crippen molar-refractivity contribution in [1.29, 1.82) is 0 Å². The number of H-pyrrole nitrogens is 1. The Bertz CT molecular complexity index is 2580. The number of Topliss-reactive ketones (excluding diaryl/α,β-unsaturated/α-hetero) is 2. The van der Waals surface area contributed by atoms with E-state index < -0.39 is 101 Å². The number of guanidine groups is 2. The lowest BCUT2D eigenvalue weighted by atomic mass is 9.83. The van der Waals surface area contributed by atoms with Gasteiger partial charge in [-0.2, -0.15) is 0 Å². The Morgan fingerprint density at radius 1 is 0.753 bits per heavy atom. The van der Waals surface area contributed by atoms with Crippen molar-refractivity contribution in [3.05, 3.63) is 70.9 Å². The molecule has 0 spiro atoms. The van der Waals surface area contributed by atoms with Gasteiger partial charge < -0.3 is 71.3 Å². The molecule has 1 saturated heterocycles. The maximum Gasteiger partial charge on any atom is 0.243 e. The first kappa shape index (κ1) is 61.9. The number of fused-ring (bicyclic) bond motifs is 1. The number of hydrogen-bond acceptors (Lipinski definition) is 12. The highest BCUT2D eigenvalue weighted by atomic mass is 35.5. The number of aromatic amines is 1. The largest absolute Gasteiger partial charge is 0.370 e. The Morgan fingerprint density at radius 2 is 1.45 bits per heavy atom. The third-order valence-corrected chi connectivity index (χ3v) is 13.3. The van der Waals surface area contributed by atoms with Crippen LogP contribution >= 0.6 is 11.6 Å². The van der Waals surface area contributed by atoms with E-state index in [1.165, 1.54) is 6.92 Å². The summed E-state index contributed by atoms with van der Waals surface area (Å²) in [5.74, 6) is -8.45. The van der Waals surface area contributed by atoms with E-state index in [9.17, 15) is 43.2 Å². The smallest absolute Gasteiger partial charge is 0.243 e. The van der Waals surface area contributed by atoms with Crippen LogP contribution in [0.3, 0.4) is 0 Å². The van der Waals surface area contributed by atoms with E-state index in [-0.39, 0.29) is 115 Å². The lowest BCUT2D eigenvalue weighted by Crippen LogP contribution is -2.58. The Kier molecular flexibility index (Phi) is 25.8. The van der Waals surface area contributed by atoms with Gasteiger partial charge in [-0.25, -0.2) is 0 Å². The third kappa shape index (κ3) is 21.9. The van der Waals surface area contributed by atoms with E-state index in [4.69, 9.17) is 46.0 Å². The van der Waals surface area contributed by atoms with Gasteiger partial charge in [-0.05, 0) is 113 Å². The highest BCUT2D eigenvalue weighted by molar-refractivity contribution is 6.30. The molecule has 19 N–H and O–H groups in total. The minimum absolute atomic E-state index is 0.00752. The molecular weight excluding hydrogens is 1010 g/mol. The molecule has 4 rings (SSSR count). The zero-order valence-electron chi connectivity index (χ0n) is 43.6. The van der Waals surface area contributed by atoms with Crippen LogP contribution in [0.4, 0.5) is 0 Å². The normalized spacial score (nSPS) is 21.1. The Morgan fingerprint density at radius 3 is 2.14 bits per heavy atom. The van der Waals surface area contributed by atoms with Crippen molar-refractivity contribution in [2.24, 2.45) is 56.2 Å². The van der Waals surface area contributed by atoms with Gasteiger partial charge in [0.2, 0.25) is 41.4 Å². The van der Waals surface area contributed by atoms with Crippen LogP contribution in [0.1, 0.15) is 102 Å². The zero-order chi connectivity index (χ0) is 56.4. The number of para-hydroxylation sites is 1. The van der Waals surface area contributed by atoms with Crippen LogP contribution in [0.25, 0.3) is 10.9 Å². The monoisotopic (exact) mass is 1090 g/mol. The molecule has 0 bridgehead atoms. The summed E-state index contributed by atoms with van der Waals surface area (Å²) in [6, 6.07) is 7.61. The molecule has 420 valence electrons. The number of benzene rings is 2. The van der Waals surface area contributed by atoms with Gasteiger partial charge in [-0.15, -0.1) is 0 Å². The van der Waals surface area contributed by atoms with Crippen molar-refractivity contribution in [3.8, 4) is 0 Å². The summed E-state index contributed by atoms with van der Waals surface area (Å²) < 4.78 is 0. The maximum absolute atomic E-state index is 14.9. The number of amides is 7. The molecule has 0 aliphatic carbocycles. The number of rotatable bonds is 20. The van der Waals surface area contributed by atoms with Crippen molar-refractivity contribution in [2.45, 2.75) is 133 Å². The summed E-state index contributed by atoms with van der Waals surface area (Å²) in [4.78, 5) is 137. The SMILES string of the molecule is CC(=O)N[C@@H](CCCN=C(N)N)C(=O)N[C@H]1CCC(=O)NCCC[C@@H](C(N)=O)NC(=O)[C@H](Cc2c[nH]c3ccccc23)CC(=O)[C@H](CCCN=C(N)N)CC(=O)[C@@H](Cc2cccc(Cl)c2)NC(=O)[C@H](CCCCN)NC1=O. The highest BCUT2D eigenvalue weighted by Crippen LogP contribution is 2.26. The van der Waals surface area contributed by atoms with Gasteiger partial charge in [0.25, 0.3) is 0 Å². The van der Waals surface area contributed by atoms with Crippen LogP contribution in [-0.2, 0) is 56.0 Å². The number of aromatic nitrogens is 1. The lowest BCUT2D eigenvalue weighted by molar-refractivity contribution is -0.135. The number of aliphatic imine (C=N–C) groups is 2. The summed E-state index contributed by atoms with van der Waals surface area (Å²) in [6.07, 6.45) is 1.97. The molecule has 0 radical (unpaired) electrons. The fraction of sp³-hybridized carbons (Fsp3) is 0.519. The van der Waals surface area contributed by atoms with Gasteiger partial charge >= 0.3 is 0 Å². The zero-order valence-corrected chi connectivity index (χ0v) is 44.3. The molecule has 3 aromatic rings. The first-order valence-electron chi connectivity index (χ1n) is 25.9. The van der Waals surface area contributed by atoms with Crippen molar-refractivity contribution in [2.75, 3.05) is 26.2 Å². The predicted octanol–water partition coefficient (Wildman–Crippen LogP) is -0.387. The highest BCUT2D eigenvalue weighted by Gasteiger charge is 2.35. The number of nitrogens with zero attached hydrogens (tertiary/aromatic N) is 2. The standard InChI is InChI=1S/C52H76ClN15O9/c1-30(69)64-39(17-9-23-62-52(58)59)48(75)67-41-18-19-45(72)60-21-8-16-38(46(55)73)65-47(74)33(26-34-29-63-37-14-3-2-13-36(34)37)28-43(70)32(11-7-22-61-51(56)57)27-44(71)42(25-31-10-6-12-35(53)24-31)68-49(76)40(66-50(41)77)15-4-5-20-54/h2-3,6,10,12-14,24,29,32-33,38-42,63H,4-5,7-9,11,15-23,25-28,54H2,1H3,(H2,55,73)(H,60,72)(H,64,69)(H,65,74)(H,66,77)(H,67,75)(H,68,76)(H4,56,57,61)(H4,58,59,62)/t32-,33-,38+,39+,40+,41+,42-/m1/s1. The van der Waals surface area contributed by atoms with Gasteiger partial charge in [0.15, 0.2) is 17.7 Å². The van der Waals surface area contributed by atoms with Gasteiger partial charge in [0.1, 0.15) is 30.0 Å². The fourth-order valence-electron chi connectivity index (χ4n) is 9.02. The maximum atomic E-state index is 14.9. The summed E-state index contributed by atoms with van der Waals surface area (Å²) in [6.45, 7) is 1.72. The quantitative estimate of drug-likeness (QED) is 0.0390. The van der Waals surface area contributed by atoms with Gasteiger partial charge in [0, 0.05) is 79.8 Å².